The van der Waals surface area contributed by atoms with E-state index in [1.165, 1.54) is 0 Å². The third-order valence-electron chi connectivity index (χ3n) is 0.733. The zero-order valence-corrected chi connectivity index (χ0v) is 8.70. The van der Waals surface area contributed by atoms with Gasteiger partial charge in [0.05, 0.1) is 23.7 Å². The molecule has 0 saturated heterocycles. The lowest BCUT2D eigenvalue weighted by Gasteiger charge is -1.80. The van der Waals surface area contributed by atoms with Gasteiger partial charge in [0.15, 0.2) is 0 Å². The van der Waals surface area contributed by atoms with E-state index in [2.05, 4.69) is 27.6 Å². The molecule has 1 aromatic carbocycles. The highest BCUT2D eigenvalue weighted by atomic mass is 35.6. The van der Waals surface area contributed by atoms with Crippen molar-refractivity contribution in [3.8, 4) is 0 Å². The molecule has 0 aliphatic rings. The fraction of sp³-hybridized carbons (Fsp3) is 0. The molecule has 0 atom stereocenters. The van der Waals surface area contributed by atoms with Gasteiger partial charge in [0.2, 0.25) is 0 Å². The summed E-state index contributed by atoms with van der Waals surface area (Å²) in [4.78, 5) is 0. The van der Waals surface area contributed by atoms with Crippen LogP contribution in [0.25, 0.3) is 0 Å². The lowest BCUT2D eigenvalue weighted by atomic mass is 10.4. The Kier molecular flexibility index (Phi) is 13.2. The van der Waals surface area contributed by atoms with Crippen LogP contribution in [0.15, 0.2) is 30.3 Å². The van der Waals surface area contributed by atoms with Gasteiger partial charge in [-0.2, -0.15) is 17.3 Å². The molecule has 0 saturated carbocycles. The predicted molar refractivity (Wildman–Crippen MR) is 54.6 cm³/mol. The van der Waals surface area contributed by atoms with Crippen LogP contribution in [0.3, 0.4) is 0 Å². The predicted octanol–water partition coefficient (Wildman–Crippen LogP) is 3.76. The molecule has 0 aromatic heterocycles. The molecule has 0 amide bonds. The molecule has 0 heterocycles. The van der Waals surface area contributed by atoms with Crippen molar-refractivity contribution in [1.82, 2.24) is 0 Å². The molecule has 0 unspecified atom stereocenters. The first-order valence-electron chi connectivity index (χ1n) is 2.41. The Morgan fingerprint density at radius 1 is 1.00 bits per heavy atom. The van der Waals surface area contributed by atoms with Crippen molar-refractivity contribution in [1.29, 1.82) is 0 Å². The summed E-state index contributed by atoms with van der Waals surface area (Å²) in [6.45, 7) is 0. The van der Waals surface area contributed by atoms with Crippen LogP contribution in [-0.4, -0.2) is 0 Å². The van der Waals surface area contributed by atoms with Crippen molar-refractivity contribution in [2.45, 2.75) is 0 Å². The van der Waals surface area contributed by atoms with Gasteiger partial charge in [-0.3, -0.25) is 0 Å². The minimum atomic E-state index is 0. The lowest BCUT2D eigenvalue weighted by Crippen LogP contribution is -1.55. The first-order chi connectivity index (χ1) is 4.81. The second-order valence-corrected chi connectivity index (χ2v) is 2.26. The van der Waals surface area contributed by atoms with Gasteiger partial charge < -0.3 is 0 Å². The normalized spacial score (nSPS) is 7.18. The van der Waals surface area contributed by atoms with E-state index < -0.39 is 0 Å². The van der Waals surface area contributed by atoms with Crippen LogP contribution in [0.2, 0.25) is 5.02 Å². The van der Waals surface area contributed by atoms with Crippen molar-refractivity contribution >= 4 is 48.8 Å². The van der Waals surface area contributed by atoms with Crippen molar-refractivity contribution in [2.75, 3.05) is 0 Å². The SMILES string of the molecule is ClOCl.Clc1ccccc1.S. The van der Waals surface area contributed by atoms with E-state index in [4.69, 9.17) is 11.6 Å². The Bertz CT molecular complexity index is 159. The molecular weight excluding hydrogens is 226 g/mol. The highest BCUT2D eigenvalue weighted by Gasteiger charge is 1.74. The summed E-state index contributed by atoms with van der Waals surface area (Å²) in [6, 6.07) is 9.44. The molecule has 5 heteroatoms. The average Bonchev–Trinajstić information content (AvgIpc) is 1.91. The largest absolute Gasteiger partial charge is 0.197 e. The fourth-order valence-corrected chi connectivity index (χ4v) is 0.560. The van der Waals surface area contributed by atoms with Gasteiger partial charge in [-0.1, -0.05) is 29.8 Å². The van der Waals surface area contributed by atoms with Crippen molar-refractivity contribution in [3.63, 3.8) is 0 Å². The zero-order chi connectivity index (χ0) is 7.82. The van der Waals surface area contributed by atoms with Crippen molar-refractivity contribution in [2.24, 2.45) is 0 Å². The first-order valence-corrected chi connectivity index (χ1v) is 3.40. The highest BCUT2D eigenvalue weighted by molar-refractivity contribution is 7.59. The van der Waals surface area contributed by atoms with E-state index in [1.54, 1.807) is 0 Å². The van der Waals surface area contributed by atoms with E-state index in [0.717, 1.165) is 5.02 Å². The minimum absolute atomic E-state index is 0. The summed E-state index contributed by atoms with van der Waals surface area (Å²) in [5.41, 5.74) is 0. The highest BCUT2D eigenvalue weighted by Crippen LogP contribution is 2.03. The molecule has 0 radical (unpaired) electrons. The lowest BCUT2D eigenvalue weighted by molar-refractivity contribution is 0.697. The van der Waals surface area contributed by atoms with E-state index in [9.17, 15) is 0 Å². The van der Waals surface area contributed by atoms with E-state index in [1.807, 2.05) is 30.3 Å². The van der Waals surface area contributed by atoms with Crippen LogP contribution in [0.4, 0.5) is 0 Å². The summed E-state index contributed by atoms with van der Waals surface area (Å²) in [5.74, 6) is 0. The number of hydrogen-bond acceptors (Lipinski definition) is 1. The number of rotatable bonds is 0. The topological polar surface area (TPSA) is 9.23 Å². The summed E-state index contributed by atoms with van der Waals surface area (Å²) < 4.78 is 3.19. The molecule has 1 rings (SSSR count). The van der Waals surface area contributed by atoms with Crippen LogP contribution in [0.1, 0.15) is 0 Å². The first kappa shape index (κ1) is 14.0. The second-order valence-electron chi connectivity index (χ2n) is 1.35. The third-order valence-corrected chi connectivity index (χ3v) is 0.985. The van der Waals surface area contributed by atoms with Crippen LogP contribution in [-0.2, 0) is 3.84 Å². The average molecular weight is 234 g/mol. The summed E-state index contributed by atoms with van der Waals surface area (Å²) in [6.07, 6.45) is 0. The van der Waals surface area contributed by atoms with Crippen LogP contribution >= 0.6 is 48.8 Å². The Morgan fingerprint density at radius 2 is 1.36 bits per heavy atom. The number of halogens is 3. The Labute approximate surface area is 88.0 Å². The van der Waals surface area contributed by atoms with Gasteiger partial charge in [-0.25, -0.2) is 0 Å². The molecule has 0 aliphatic carbocycles. The maximum atomic E-state index is 5.54. The van der Waals surface area contributed by atoms with E-state index >= 15 is 0 Å². The monoisotopic (exact) mass is 232 g/mol. The van der Waals surface area contributed by atoms with E-state index in [0.29, 0.717) is 0 Å². The van der Waals surface area contributed by atoms with E-state index in [-0.39, 0.29) is 13.5 Å². The van der Waals surface area contributed by atoms with Gasteiger partial charge in [0.1, 0.15) is 0 Å². The summed E-state index contributed by atoms with van der Waals surface area (Å²) in [5, 5.41) is 0.794. The molecule has 0 fully saturated rings. The summed E-state index contributed by atoms with van der Waals surface area (Å²) in [7, 11) is 0. The van der Waals surface area contributed by atoms with Gasteiger partial charge in [-0.15, -0.1) is 0 Å². The Hall–Kier alpha value is 0.400. The smallest absolute Gasteiger partial charge is 0.0832 e. The molecule has 0 bridgehead atoms. The van der Waals surface area contributed by atoms with Crippen LogP contribution < -0.4 is 0 Å². The molecule has 0 spiro atoms. The summed E-state index contributed by atoms with van der Waals surface area (Å²) >= 11 is 14.1. The van der Waals surface area contributed by atoms with Gasteiger partial charge in [-0.05, 0) is 12.1 Å². The van der Waals surface area contributed by atoms with Gasteiger partial charge in [0.25, 0.3) is 0 Å². The van der Waals surface area contributed by atoms with Crippen molar-refractivity contribution in [3.05, 3.63) is 35.4 Å². The fourth-order valence-electron chi connectivity index (χ4n) is 0.415. The van der Waals surface area contributed by atoms with Gasteiger partial charge in [0, 0.05) is 5.02 Å². The molecule has 1 aromatic rings. The quantitative estimate of drug-likeness (QED) is 0.663. The van der Waals surface area contributed by atoms with Crippen LogP contribution in [0.5, 0.6) is 0 Å². The second kappa shape index (κ2) is 10.4. The molecular formula is C6H7Cl3OS. The molecule has 1 nitrogen and oxygen atoms in total. The molecule has 0 aliphatic heterocycles. The van der Waals surface area contributed by atoms with Crippen molar-refractivity contribution < 1.29 is 3.84 Å². The number of benzene rings is 1. The molecule has 0 N–H and O–H groups in total. The Balaban J connectivity index is 0. The zero-order valence-electron chi connectivity index (χ0n) is 5.43. The van der Waals surface area contributed by atoms with Gasteiger partial charge >= 0.3 is 0 Å². The Morgan fingerprint density at radius 3 is 1.55 bits per heavy atom. The van der Waals surface area contributed by atoms with Crippen LogP contribution in [0, 0.1) is 0 Å². The molecule has 11 heavy (non-hydrogen) atoms. The maximum Gasteiger partial charge on any atom is 0.0832 e. The minimum Gasteiger partial charge on any atom is -0.197 e. The standard InChI is InChI=1S/C6H5Cl.Cl2O.H2S/c7-6-4-2-1-3-5-6;1-3-2;/h1-5H;;1H2. The third kappa shape index (κ3) is 10.4. The number of hydrogen-bond donors (Lipinski definition) is 0. The maximum absolute atomic E-state index is 5.54. The molecule has 64 valence electrons.